The summed E-state index contributed by atoms with van der Waals surface area (Å²) in [5, 5.41) is 9.65. The third-order valence-electron chi connectivity index (χ3n) is 2.16. The van der Waals surface area contributed by atoms with Crippen LogP contribution in [0.5, 0.6) is 11.5 Å². The van der Waals surface area contributed by atoms with Crippen LogP contribution in [0.3, 0.4) is 0 Å². The Balaban J connectivity index is 2.91. The van der Waals surface area contributed by atoms with Crippen molar-refractivity contribution in [3.8, 4) is 11.5 Å². The number of benzene rings is 1. The molecule has 5 heteroatoms. The molecule has 0 heterocycles. The van der Waals surface area contributed by atoms with Crippen LogP contribution in [0.1, 0.15) is 18.9 Å². The fraction of sp³-hybridized carbons (Fsp3) is 0.231. The number of hydrogen-bond donors (Lipinski definition) is 1. The average Bonchev–Trinajstić information content (AvgIpc) is 2.29. The zero-order chi connectivity index (χ0) is 13.7. The Kier molecular flexibility index (Phi) is 5.33. The maximum absolute atomic E-state index is 11.3. The molecular weight excluding hydrogens is 347 g/mol. The van der Waals surface area contributed by atoms with E-state index in [0.29, 0.717) is 9.32 Å². The Labute approximate surface area is 119 Å². The van der Waals surface area contributed by atoms with Crippen molar-refractivity contribution in [1.29, 1.82) is 0 Å². The van der Waals surface area contributed by atoms with Crippen molar-refractivity contribution in [2.24, 2.45) is 0 Å². The molecule has 4 nitrogen and oxygen atoms in total. The van der Waals surface area contributed by atoms with Gasteiger partial charge in [0.25, 0.3) is 0 Å². The summed E-state index contributed by atoms with van der Waals surface area (Å²) in [7, 11) is 1.46. The summed E-state index contributed by atoms with van der Waals surface area (Å²) in [6.45, 7) is 1.37. The number of methoxy groups -OCH3 is 1. The van der Waals surface area contributed by atoms with Crippen LogP contribution in [0, 0.1) is 3.57 Å². The summed E-state index contributed by atoms with van der Waals surface area (Å²) < 4.78 is 5.64. The number of Topliss-reactive ketones (excluding diaryl/α,β-unsaturated/α-hetero) is 1. The van der Waals surface area contributed by atoms with E-state index in [0.717, 1.165) is 5.56 Å². The van der Waals surface area contributed by atoms with Crippen LogP contribution in [0.15, 0.2) is 18.2 Å². The van der Waals surface area contributed by atoms with Crippen molar-refractivity contribution in [3.63, 3.8) is 0 Å². The fourth-order valence-electron chi connectivity index (χ4n) is 1.34. The molecule has 1 rings (SSSR count). The number of ketones is 2. The largest absolute Gasteiger partial charge is 0.504 e. The van der Waals surface area contributed by atoms with Gasteiger partial charge < -0.3 is 9.84 Å². The first-order chi connectivity index (χ1) is 8.43. The molecule has 0 spiro atoms. The fourth-order valence-corrected chi connectivity index (χ4v) is 1.96. The molecule has 0 aliphatic rings. The Bertz CT molecular complexity index is 506. The maximum atomic E-state index is 11.3. The van der Waals surface area contributed by atoms with Crippen LogP contribution < -0.4 is 4.74 Å². The third-order valence-corrected chi connectivity index (χ3v) is 2.98. The number of rotatable bonds is 5. The number of phenolic OH excluding ortho intramolecular Hbond substituents is 1. The van der Waals surface area contributed by atoms with Crippen LogP contribution in [0.25, 0.3) is 6.08 Å². The molecule has 18 heavy (non-hydrogen) atoms. The Morgan fingerprint density at radius 2 is 2.11 bits per heavy atom. The highest BCUT2D eigenvalue weighted by atomic mass is 127. The van der Waals surface area contributed by atoms with E-state index >= 15 is 0 Å². The van der Waals surface area contributed by atoms with E-state index in [4.69, 9.17) is 4.74 Å². The highest BCUT2D eigenvalue weighted by molar-refractivity contribution is 14.1. The van der Waals surface area contributed by atoms with E-state index in [1.165, 1.54) is 20.1 Å². The summed E-state index contributed by atoms with van der Waals surface area (Å²) in [5.74, 6) is 0.0120. The quantitative estimate of drug-likeness (QED) is 0.498. The highest BCUT2D eigenvalue weighted by Gasteiger charge is 2.07. The molecule has 0 atom stereocenters. The van der Waals surface area contributed by atoms with Gasteiger partial charge in [0.05, 0.1) is 17.1 Å². The van der Waals surface area contributed by atoms with Gasteiger partial charge in [-0.3, -0.25) is 9.59 Å². The zero-order valence-electron chi connectivity index (χ0n) is 10.1. The van der Waals surface area contributed by atoms with Gasteiger partial charge in [-0.2, -0.15) is 0 Å². The lowest BCUT2D eigenvalue weighted by molar-refractivity contribution is -0.123. The molecule has 96 valence electrons. The van der Waals surface area contributed by atoms with E-state index in [1.807, 2.05) is 22.6 Å². The van der Waals surface area contributed by atoms with E-state index < -0.39 is 0 Å². The SMILES string of the molecule is COc1cc(/C=C/C(=O)CC(C)=O)cc(I)c1O. The van der Waals surface area contributed by atoms with Crippen molar-refractivity contribution in [3.05, 3.63) is 27.3 Å². The molecule has 0 saturated heterocycles. The Morgan fingerprint density at radius 3 is 2.67 bits per heavy atom. The minimum atomic E-state index is -0.246. The zero-order valence-corrected chi connectivity index (χ0v) is 12.2. The summed E-state index contributed by atoms with van der Waals surface area (Å²) in [6, 6.07) is 3.34. The molecule has 0 amide bonds. The van der Waals surface area contributed by atoms with Gasteiger partial charge in [0, 0.05) is 0 Å². The van der Waals surface area contributed by atoms with Gasteiger partial charge in [-0.1, -0.05) is 6.08 Å². The minimum absolute atomic E-state index is 0.0744. The summed E-state index contributed by atoms with van der Waals surface area (Å²) >= 11 is 1.97. The van der Waals surface area contributed by atoms with Gasteiger partial charge in [-0.25, -0.2) is 0 Å². The van der Waals surface area contributed by atoms with Gasteiger partial charge in [0.15, 0.2) is 17.3 Å². The third kappa shape index (κ3) is 4.14. The molecule has 1 aromatic carbocycles. The second-order valence-electron chi connectivity index (χ2n) is 3.73. The molecule has 0 aliphatic carbocycles. The molecule has 0 fully saturated rings. The van der Waals surface area contributed by atoms with Crippen molar-refractivity contribution in [2.45, 2.75) is 13.3 Å². The number of phenols is 1. The lowest BCUT2D eigenvalue weighted by Crippen LogP contribution is -2.00. The monoisotopic (exact) mass is 360 g/mol. The van der Waals surface area contributed by atoms with E-state index in [9.17, 15) is 14.7 Å². The predicted molar refractivity (Wildman–Crippen MR) is 76.7 cm³/mol. The number of carbonyl (C=O) groups is 2. The molecule has 1 N–H and O–H groups in total. The van der Waals surface area contributed by atoms with E-state index in [2.05, 4.69) is 0 Å². The molecule has 0 saturated carbocycles. The first-order valence-corrected chi connectivity index (χ1v) is 6.28. The van der Waals surface area contributed by atoms with Gasteiger partial charge in [0.2, 0.25) is 0 Å². The van der Waals surface area contributed by atoms with E-state index in [1.54, 1.807) is 18.2 Å². The second-order valence-corrected chi connectivity index (χ2v) is 4.89. The molecule has 0 unspecified atom stereocenters. The molecule has 0 bridgehead atoms. The number of aromatic hydroxyl groups is 1. The second kappa shape index (κ2) is 6.53. The molecule has 0 radical (unpaired) electrons. The average molecular weight is 360 g/mol. The maximum Gasteiger partial charge on any atom is 0.171 e. The summed E-state index contributed by atoms with van der Waals surface area (Å²) in [6.07, 6.45) is 2.85. The van der Waals surface area contributed by atoms with Gasteiger partial charge >= 0.3 is 0 Å². The van der Waals surface area contributed by atoms with Crippen molar-refractivity contribution in [2.75, 3.05) is 7.11 Å². The smallest absolute Gasteiger partial charge is 0.171 e. The molecule has 1 aromatic rings. The van der Waals surface area contributed by atoms with Gasteiger partial charge in [-0.15, -0.1) is 0 Å². The van der Waals surface area contributed by atoms with Crippen LogP contribution in [0.4, 0.5) is 0 Å². The number of carbonyl (C=O) groups excluding carboxylic acids is 2. The first-order valence-electron chi connectivity index (χ1n) is 5.21. The van der Waals surface area contributed by atoms with Crippen molar-refractivity contribution >= 4 is 40.2 Å². The normalized spacial score (nSPS) is 10.6. The van der Waals surface area contributed by atoms with Gasteiger partial charge in [0.1, 0.15) is 5.78 Å². The molecular formula is C13H13IO4. The summed E-state index contributed by atoms with van der Waals surface area (Å²) in [4.78, 5) is 22.1. The predicted octanol–water partition coefficient (Wildman–Crippen LogP) is 2.57. The number of hydrogen-bond acceptors (Lipinski definition) is 4. The van der Waals surface area contributed by atoms with E-state index in [-0.39, 0.29) is 23.7 Å². The Morgan fingerprint density at radius 1 is 1.44 bits per heavy atom. The number of halogens is 1. The summed E-state index contributed by atoms with van der Waals surface area (Å²) in [5.41, 5.74) is 0.728. The number of allylic oxidation sites excluding steroid dienone is 1. The van der Waals surface area contributed by atoms with Crippen molar-refractivity contribution in [1.82, 2.24) is 0 Å². The van der Waals surface area contributed by atoms with Crippen molar-refractivity contribution < 1.29 is 19.4 Å². The first kappa shape index (κ1) is 14.7. The van der Waals surface area contributed by atoms with Crippen LogP contribution >= 0.6 is 22.6 Å². The van der Waals surface area contributed by atoms with Crippen LogP contribution in [-0.4, -0.2) is 23.8 Å². The lowest BCUT2D eigenvalue weighted by Gasteiger charge is -2.06. The van der Waals surface area contributed by atoms with Crippen LogP contribution in [0.2, 0.25) is 0 Å². The standard InChI is InChI=1S/C13H13IO4/c1-8(15)5-10(16)4-3-9-6-11(14)13(17)12(7-9)18-2/h3-4,6-7,17H,5H2,1-2H3/b4-3+. The Hall–Kier alpha value is -1.37. The minimum Gasteiger partial charge on any atom is -0.504 e. The topological polar surface area (TPSA) is 63.6 Å². The van der Waals surface area contributed by atoms with Crippen LogP contribution in [-0.2, 0) is 9.59 Å². The molecule has 0 aliphatic heterocycles. The number of ether oxygens (including phenoxy) is 1. The lowest BCUT2D eigenvalue weighted by atomic mass is 10.1. The highest BCUT2D eigenvalue weighted by Crippen LogP contribution is 2.32. The van der Waals surface area contributed by atoms with Gasteiger partial charge in [-0.05, 0) is 53.3 Å². The molecule has 0 aromatic heterocycles.